The van der Waals surface area contributed by atoms with Crippen molar-refractivity contribution >= 4 is 28.7 Å². The van der Waals surface area contributed by atoms with E-state index >= 15 is 0 Å². The summed E-state index contributed by atoms with van der Waals surface area (Å²) in [5.74, 6) is -0.357. The van der Waals surface area contributed by atoms with Crippen molar-refractivity contribution < 1.29 is 15.2 Å². The molecule has 0 unspecified atom stereocenters. The smallest absolute Gasteiger partial charge is 0.288 e. The number of rotatable bonds is 5. The van der Waals surface area contributed by atoms with E-state index in [-0.39, 0.29) is 16.8 Å². The number of hydrogen-bond acceptors (Lipinski definition) is 5. The second-order valence-corrected chi connectivity index (χ2v) is 6.37. The minimum atomic E-state index is -0.357. The van der Waals surface area contributed by atoms with Crippen LogP contribution in [0.25, 0.3) is 22.0 Å². The van der Waals surface area contributed by atoms with E-state index in [0.29, 0.717) is 11.3 Å². The highest BCUT2D eigenvalue weighted by Gasteiger charge is 2.18. The summed E-state index contributed by atoms with van der Waals surface area (Å²) in [4.78, 5) is 16.0. The predicted molar refractivity (Wildman–Crippen MR) is 111 cm³/mol. The standard InChI is InChI=1S/C22H18N4O3/c27-22(25-23-14-15-10-12-17(13-11-15)26(28)29)21-20(16-6-2-1-3-7-16)18-8-4-5-9-19(18)24-21/h1-14,24,28-29H,(H,25,27)/b23-14-. The Kier molecular flexibility index (Phi) is 5.07. The Morgan fingerprint density at radius 3 is 2.34 bits per heavy atom. The van der Waals surface area contributed by atoms with Gasteiger partial charge in [-0.25, -0.2) is 5.43 Å². The first kappa shape index (κ1) is 18.4. The Labute approximate surface area is 166 Å². The molecule has 0 saturated heterocycles. The van der Waals surface area contributed by atoms with Gasteiger partial charge in [0, 0.05) is 16.5 Å². The van der Waals surface area contributed by atoms with Crippen LogP contribution in [0.15, 0.2) is 84.0 Å². The molecule has 4 N–H and O–H groups in total. The lowest BCUT2D eigenvalue weighted by atomic mass is 10.0. The highest BCUT2D eigenvalue weighted by atomic mass is 16.8. The summed E-state index contributed by atoms with van der Waals surface area (Å²) in [6.45, 7) is 0. The van der Waals surface area contributed by atoms with Crippen molar-refractivity contribution in [3.05, 3.63) is 90.1 Å². The number of nitrogens with one attached hydrogen (secondary N) is 2. The van der Waals surface area contributed by atoms with Crippen LogP contribution in [-0.2, 0) is 0 Å². The minimum Gasteiger partial charge on any atom is -0.350 e. The van der Waals surface area contributed by atoms with E-state index in [1.807, 2.05) is 54.6 Å². The van der Waals surface area contributed by atoms with E-state index in [2.05, 4.69) is 15.5 Å². The van der Waals surface area contributed by atoms with Gasteiger partial charge in [0.25, 0.3) is 5.91 Å². The van der Waals surface area contributed by atoms with Crippen LogP contribution in [-0.4, -0.2) is 27.5 Å². The van der Waals surface area contributed by atoms with E-state index in [4.69, 9.17) is 10.4 Å². The van der Waals surface area contributed by atoms with E-state index < -0.39 is 0 Å². The molecule has 3 aromatic carbocycles. The molecule has 1 amide bonds. The number of benzene rings is 3. The van der Waals surface area contributed by atoms with Crippen LogP contribution < -0.4 is 10.7 Å². The molecule has 0 saturated carbocycles. The number of nitrogens with zero attached hydrogens (tertiary/aromatic N) is 2. The molecule has 0 aliphatic rings. The maximum Gasteiger partial charge on any atom is 0.288 e. The molecule has 4 rings (SSSR count). The number of fused-ring (bicyclic) bond motifs is 1. The summed E-state index contributed by atoms with van der Waals surface area (Å²) < 4.78 is 0. The maximum absolute atomic E-state index is 12.8. The van der Waals surface area contributed by atoms with Gasteiger partial charge < -0.3 is 4.98 Å². The first-order chi connectivity index (χ1) is 14.1. The third-order valence-corrected chi connectivity index (χ3v) is 4.50. The van der Waals surface area contributed by atoms with Gasteiger partial charge in [-0.15, -0.1) is 5.23 Å². The minimum absolute atomic E-state index is 0.0315. The van der Waals surface area contributed by atoms with Crippen molar-refractivity contribution in [3.63, 3.8) is 0 Å². The third-order valence-electron chi connectivity index (χ3n) is 4.50. The summed E-state index contributed by atoms with van der Waals surface area (Å²) >= 11 is 0. The van der Waals surface area contributed by atoms with Gasteiger partial charge in [0.05, 0.1) is 11.9 Å². The van der Waals surface area contributed by atoms with Crippen LogP contribution in [0.4, 0.5) is 5.69 Å². The zero-order valence-electron chi connectivity index (χ0n) is 15.3. The van der Waals surface area contributed by atoms with Gasteiger partial charge in [-0.3, -0.25) is 15.2 Å². The fourth-order valence-corrected chi connectivity index (χ4v) is 3.13. The van der Waals surface area contributed by atoms with Crippen molar-refractivity contribution in [2.75, 3.05) is 5.23 Å². The first-order valence-corrected chi connectivity index (χ1v) is 8.91. The number of carbonyl (C=O) groups excluding carboxylic acids is 1. The summed E-state index contributed by atoms with van der Waals surface area (Å²) in [6, 6.07) is 23.8. The van der Waals surface area contributed by atoms with Crippen LogP contribution in [0.2, 0.25) is 0 Å². The van der Waals surface area contributed by atoms with Crippen LogP contribution in [0, 0.1) is 0 Å². The Bertz CT molecular complexity index is 1170. The molecule has 4 aromatic rings. The van der Waals surface area contributed by atoms with E-state index in [1.54, 1.807) is 12.1 Å². The highest BCUT2D eigenvalue weighted by Crippen LogP contribution is 2.32. The van der Waals surface area contributed by atoms with Crippen molar-refractivity contribution in [3.8, 4) is 11.1 Å². The molecule has 1 aromatic heterocycles. The molecule has 0 bridgehead atoms. The second kappa shape index (κ2) is 7.97. The molecule has 0 radical (unpaired) electrons. The average molecular weight is 386 g/mol. The third kappa shape index (κ3) is 3.86. The number of hydrazone groups is 1. The quantitative estimate of drug-likeness (QED) is 0.305. The lowest BCUT2D eigenvalue weighted by Crippen LogP contribution is -2.18. The zero-order chi connectivity index (χ0) is 20.2. The number of carbonyl (C=O) groups is 1. The molecule has 7 nitrogen and oxygen atoms in total. The number of anilines is 1. The Balaban J connectivity index is 1.60. The molecule has 7 heteroatoms. The molecule has 0 spiro atoms. The van der Waals surface area contributed by atoms with Crippen LogP contribution >= 0.6 is 0 Å². The van der Waals surface area contributed by atoms with Gasteiger partial charge in [0.1, 0.15) is 5.69 Å². The van der Waals surface area contributed by atoms with Crippen LogP contribution in [0.3, 0.4) is 0 Å². The normalized spacial score (nSPS) is 11.1. The zero-order valence-corrected chi connectivity index (χ0v) is 15.3. The lowest BCUT2D eigenvalue weighted by Gasteiger charge is -2.07. The maximum atomic E-state index is 12.8. The Hall–Kier alpha value is -3.94. The number of aromatic amines is 1. The Morgan fingerprint density at radius 1 is 0.931 bits per heavy atom. The molecule has 1 heterocycles. The van der Waals surface area contributed by atoms with Crippen molar-refractivity contribution in [1.29, 1.82) is 0 Å². The molecule has 0 fully saturated rings. The van der Waals surface area contributed by atoms with E-state index in [1.165, 1.54) is 18.3 Å². The van der Waals surface area contributed by atoms with E-state index in [9.17, 15) is 4.79 Å². The monoisotopic (exact) mass is 386 g/mol. The van der Waals surface area contributed by atoms with E-state index in [0.717, 1.165) is 22.0 Å². The number of H-pyrrole nitrogens is 1. The van der Waals surface area contributed by atoms with Crippen LogP contribution in [0.1, 0.15) is 16.1 Å². The van der Waals surface area contributed by atoms with Gasteiger partial charge in [0.15, 0.2) is 0 Å². The fourth-order valence-electron chi connectivity index (χ4n) is 3.13. The van der Waals surface area contributed by atoms with Crippen molar-refractivity contribution in [1.82, 2.24) is 10.4 Å². The van der Waals surface area contributed by atoms with Crippen LogP contribution in [0.5, 0.6) is 0 Å². The number of hydrogen-bond donors (Lipinski definition) is 4. The topological polar surface area (TPSA) is 101 Å². The van der Waals surface area contributed by atoms with Gasteiger partial charge in [-0.2, -0.15) is 5.10 Å². The molecule has 29 heavy (non-hydrogen) atoms. The number of para-hydroxylation sites is 1. The molecular formula is C22H18N4O3. The molecular weight excluding hydrogens is 368 g/mol. The molecule has 144 valence electrons. The predicted octanol–water partition coefficient (Wildman–Crippen LogP) is 4.18. The molecule has 0 aliphatic heterocycles. The Morgan fingerprint density at radius 2 is 1.62 bits per heavy atom. The highest BCUT2D eigenvalue weighted by molar-refractivity contribution is 6.09. The van der Waals surface area contributed by atoms with Crippen molar-refractivity contribution in [2.45, 2.75) is 0 Å². The SMILES string of the molecule is O=C(N/N=C\c1ccc(N(O)O)cc1)c1[nH]c2ccccc2c1-c1ccccc1. The average Bonchev–Trinajstić information content (AvgIpc) is 3.14. The summed E-state index contributed by atoms with van der Waals surface area (Å²) in [5, 5.41) is 22.9. The van der Waals surface area contributed by atoms with Gasteiger partial charge in [0.2, 0.25) is 0 Å². The van der Waals surface area contributed by atoms with Gasteiger partial charge in [-0.05, 0) is 29.3 Å². The molecule has 0 aliphatic carbocycles. The van der Waals surface area contributed by atoms with Gasteiger partial charge in [-0.1, -0.05) is 60.7 Å². The van der Waals surface area contributed by atoms with Gasteiger partial charge >= 0.3 is 0 Å². The lowest BCUT2D eigenvalue weighted by molar-refractivity contribution is 0.0291. The first-order valence-electron chi connectivity index (χ1n) is 8.91. The molecule has 0 atom stereocenters. The van der Waals surface area contributed by atoms with Crippen molar-refractivity contribution in [2.24, 2.45) is 5.10 Å². The number of amides is 1. The fraction of sp³-hybridized carbons (Fsp3) is 0. The number of aromatic nitrogens is 1. The largest absolute Gasteiger partial charge is 0.350 e. The summed E-state index contributed by atoms with van der Waals surface area (Å²) in [5.41, 5.74) is 6.52. The second-order valence-electron chi connectivity index (χ2n) is 6.37. The summed E-state index contributed by atoms with van der Waals surface area (Å²) in [7, 11) is 0. The summed E-state index contributed by atoms with van der Waals surface area (Å²) in [6.07, 6.45) is 1.48.